The maximum Gasteiger partial charge on any atom is 0.439 e. The minimum Gasteiger partial charge on any atom is -0.467 e. The van der Waals surface area contributed by atoms with Gasteiger partial charge in [-0.05, 0) is 24.1 Å². The molecular formula is C16H24N2O10P2S. The molecule has 0 saturated heterocycles. The largest absolute Gasteiger partial charge is 0.467 e. The zero-order chi connectivity index (χ0) is 23.0. The van der Waals surface area contributed by atoms with Gasteiger partial charge in [0.15, 0.2) is 11.9 Å². The number of ether oxygens (including phenoxy) is 2. The van der Waals surface area contributed by atoms with Crippen LogP contribution >= 0.6 is 25.8 Å². The van der Waals surface area contributed by atoms with E-state index in [1.165, 1.54) is 34.6 Å². The summed E-state index contributed by atoms with van der Waals surface area (Å²) in [4.78, 5) is 25.9. The molecule has 1 fully saturated rings. The molecule has 1 N–H and O–H groups in total. The maximum atomic E-state index is 12.9. The van der Waals surface area contributed by atoms with Gasteiger partial charge in [-0.15, -0.1) is 0 Å². The third-order valence-electron chi connectivity index (χ3n) is 5.05. The van der Waals surface area contributed by atoms with Crippen LogP contribution in [0.2, 0.25) is 0 Å². The van der Waals surface area contributed by atoms with E-state index in [0.29, 0.717) is 6.42 Å². The number of allylic oxidation sites excluding steroid dienone is 1. The van der Waals surface area contributed by atoms with Crippen LogP contribution in [0.1, 0.15) is 12.6 Å². The molecule has 0 spiro atoms. The Morgan fingerprint density at radius 1 is 1.16 bits per heavy atom. The lowest BCUT2D eigenvalue weighted by Crippen LogP contribution is -2.36. The van der Waals surface area contributed by atoms with Gasteiger partial charge in [0.05, 0.1) is 5.66 Å². The molecule has 0 bridgehead atoms. The van der Waals surface area contributed by atoms with Crippen LogP contribution in [0.3, 0.4) is 0 Å². The van der Waals surface area contributed by atoms with Crippen LogP contribution in [-0.4, -0.2) is 56.0 Å². The van der Waals surface area contributed by atoms with Gasteiger partial charge < -0.3 is 23.0 Å². The Kier molecular flexibility index (Phi) is 7.27. The van der Waals surface area contributed by atoms with Crippen molar-refractivity contribution in [3.8, 4) is 0 Å². The number of hydrogen-bond donors (Lipinski definition) is 1. The number of H-pyrrole nitrogens is 1. The van der Waals surface area contributed by atoms with E-state index >= 15 is 0 Å². The molecule has 3 rings (SSSR count). The smallest absolute Gasteiger partial charge is 0.439 e. The van der Waals surface area contributed by atoms with Crippen molar-refractivity contribution >= 4 is 25.8 Å². The Labute approximate surface area is 182 Å². The molecule has 174 valence electrons. The molecule has 2 heterocycles. The fourth-order valence-corrected chi connectivity index (χ4v) is 6.76. The first-order valence-electron chi connectivity index (χ1n) is 9.04. The molecule has 0 aromatic carbocycles. The van der Waals surface area contributed by atoms with Crippen molar-refractivity contribution in [2.45, 2.75) is 24.4 Å². The first-order chi connectivity index (χ1) is 14.7. The minimum atomic E-state index is -3.62. The molecular weight excluding hydrogens is 474 g/mol. The van der Waals surface area contributed by atoms with Crippen LogP contribution in [0, 0.1) is 5.92 Å². The minimum absolute atomic E-state index is 0.0522. The SMILES string of the molecule is COC1C(OP(=O)(OC)SC)=C(C2CC2P(=O)(OC)OC)O[C@H]1n1ccc(=O)[nH]c1=O. The first-order valence-corrected chi connectivity index (χ1v) is 14.0. The highest BCUT2D eigenvalue weighted by Gasteiger charge is 2.59. The molecule has 1 aromatic rings. The average molecular weight is 498 g/mol. The molecule has 1 aromatic heterocycles. The summed E-state index contributed by atoms with van der Waals surface area (Å²) < 4.78 is 59.2. The zero-order valence-corrected chi connectivity index (χ0v) is 20.1. The molecule has 31 heavy (non-hydrogen) atoms. The van der Waals surface area contributed by atoms with E-state index < -0.39 is 49.6 Å². The molecule has 5 atom stereocenters. The monoisotopic (exact) mass is 498 g/mol. The Hall–Kier alpha value is -1.33. The van der Waals surface area contributed by atoms with Crippen molar-refractivity contribution < 1.29 is 36.7 Å². The van der Waals surface area contributed by atoms with Gasteiger partial charge in [0, 0.05) is 46.6 Å². The van der Waals surface area contributed by atoms with Crippen molar-refractivity contribution in [2.24, 2.45) is 5.92 Å². The molecule has 15 heteroatoms. The van der Waals surface area contributed by atoms with E-state index in [1.807, 2.05) is 0 Å². The van der Waals surface area contributed by atoms with E-state index in [0.717, 1.165) is 22.0 Å². The van der Waals surface area contributed by atoms with E-state index in [4.69, 9.17) is 27.6 Å². The number of nitrogens with one attached hydrogen (secondary N) is 1. The Morgan fingerprint density at radius 2 is 1.84 bits per heavy atom. The summed E-state index contributed by atoms with van der Waals surface area (Å²) in [7, 11) is 1.76. The summed E-state index contributed by atoms with van der Waals surface area (Å²) >= 11 is 0.869. The first kappa shape index (κ1) is 24.3. The van der Waals surface area contributed by atoms with E-state index in [1.54, 1.807) is 6.26 Å². The fraction of sp³-hybridized carbons (Fsp3) is 0.625. The number of aromatic nitrogens is 2. The highest BCUT2D eigenvalue weighted by atomic mass is 32.7. The molecule has 0 radical (unpaired) electrons. The maximum absolute atomic E-state index is 12.9. The molecule has 1 aliphatic heterocycles. The number of aromatic amines is 1. The van der Waals surface area contributed by atoms with Gasteiger partial charge >= 0.3 is 20.1 Å². The number of methoxy groups -OCH3 is 1. The second-order valence-electron chi connectivity index (χ2n) is 6.63. The lowest BCUT2D eigenvalue weighted by molar-refractivity contribution is -0.0346. The zero-order valence-electron chi connectivity index (χ0n) is 17.5. The van der Waals surface area contributed by atoms with Crippen LogP contribution in [0.25, 0.3) is 0 Å². The second kappa shape index (κ2) is 9.27. The van der Waals surface area contributed by atoms with Crippen LogP contribution in [0.5, 0.6) is 0 Å². The van der Waals surface area contributed by atoms with Crippen molar-refractivity contribution in [1.82, 2.24) is 9.55 Å². The fourth-order valence-electron chi connectivity index (χ4n) is 3.37. The van der Waals surface area contributed by atoms with Crippen molar-refractivity contribution in [3.05, 3.63) is 44.6 Å². The highest BCUT2D eigenvalue weighted by Crippen LogP contribution is 2.69. The van der Waals surface area contributed by atoms with Gasteiger partial charge in [0.25, 0.3) is 5.56 Å². The number of nitrogens with zero attached hydrogens (tertiary/aromatic N) is 1. The third-order valence-corrected chi connectivity index (χ3v) is 10.8. The summed E-state index contributed by atoms with van der Waals surface area (Å²) in [5.74, 6) is -0.189. The van der Waals surface area contributed by atoms with E-state index in [-0.39, 0.29) is 11.5 Å². The van der Waals surface area contributed by atoms with Crippen LogP contribution in [0.4, 0.5) is 0 Å². The van der Waals surface area contributed by atoms with Gasteiger partial charge in [-0.3, -0.25) is 23.4 Å². The van der Waals surface area contributed by atoms with E-state index in [9.17, 15) is 18.7 Å². The third kappa shape index (κ3) is 4.59. The molecule has 12 nitrogen and oxygen atoms in total. The van der Waals surface area contributed by atoms with Gasteiger partial charge in [-0.1, -0.05) is 0 Å². The van der Waals surface area contributed by atoms with E-state index in [2.05, 4.69) is 4.98 Å². The quantitative estimate of drug-likeness (QED) is 0.475. The van der Waals surface area contributed by atoms with Gasteiger partial charge in [-0.25, -0.2) is 9.36 Å². The Morgan fingerprint density at radius 3 is 2.35 bits per heavy atom. The van der Waals surface area contributed by atoms with Crippen molar-refractivity contribution in [1.29, 1.82) is 0 Å². The van der Waals surface area contributed by atoms with Gasteiger partial charge in [0.1, 0.15) is 5.76 Å². The Bertz CT molecular complexity index is 1050. The molecule has 1 saturated carbocycles. The number of rotatable bonds is 10. The summed E-state index contributed by atoms with van der Waals surface area (Å²) in [5, 5.41) is 0. The summed E-state index contributed by atoms with van der Waals surface area (Å²) in [6, 6.07) is 1.15. The standard InChI is InChI=1S/C16H24N2O10P2S/c1-23-14-13(28-30(22,26-4)31-5)12(9-8-10(9)29(21,24-2)25-3)27-15(14)18-7-6-11(19)17-16(18)20/h6-7,9-10,14-15H,8H2,1-5H3,(H,17,19,20)/t9?,10?,14?,15-,30?/m1/s1. The van der Waals surface area contributed by atoms with Gasteiger partial charge in [-0.2, -0.15) is 0 Å². The molecule has 0 amide bonds. The lowest BCUT2D eigenvalue weighted by Gasteiger charge is -2.22. The summed E-state index contributed by atoms with van der Waals surface area (Å²) in [6.07, 6.45) is 1.12. The second-order valence-corrected chi connectivity index (χ2v) is 13.3. The topological polar surface area (TPSA) is 144 Å². The predicted molar refractivity (Wildman–Crippen MR) is 112 cm³/mol. The number of hydrogen-bond acceptors (Lipinski definition) is 11. The van der Waals surface area contributed by atoms with Crippen LogP contribution < -0.4 is 11.2 Å². The summed E-state index contributed by atoms with van der Waals surface area (Å²) in [5.41, 5.74) is -1.82. The summed E-state index contributed by atoms with van der Waals surface area (Å²) in [6.45, 7) is -3.62. The lowest BCUT2D eigenvalue weighted by atomic mass is 10.2. The van der Waals surface area contributed by atoms with Crippen molar-refractivity contribution in [2.75, 3.05) is 34.7 Å². The van der Waals surface area contributed by atoms with Crippen molar-refractivity contribution in [3.63, 3.8) is 0 Å². The average Bonchev–Trinajstić information content (AvgIpc) is 3.50. The predicted octanol–water partition coefficient (Wildman–Crippen LogP) is 2.30. The molecule has 4 unspecified atom stereocenters. The van der Waals surface area contributed by atoms with Crippen LogP contribution in [-0.2, 0) is 36.7 Å². The molecule has 2 aliphatic rings. The van der Waals surface area contributed by atoms with Gasteiger partial charge in [0.2, 0.25) is 6.23 Å². The highest BCUT2D eigenvalue weighted by molar-refractivity contribution is 8.54. The molecule has 1 aliphatic carbocycles. The Balaban J connectivity index is 2.05. The normalized spacial score (nSPS) is 27.6. The van der Waals surface area contributed by atoms with Crippen LogP contribution in [0.15, 0.2) is 33.4 Å².